The van der Waals surface area contributed by atoms with Crippen LogP contribution in [0, 0.1) is 0 Å². The first-order valence-electron chi connectivity index (χ1n) is 10.8. The van der Waals surface area contributed by atoms with Crippen molar-refractivity contribution in [1.29, 1.82) is 0 Å². The van der Waals surface area contributed by atoms with Crippen LogP contribution in [0.25, 0.3) is 10.9 Å². The number of para-hydroxylation sites is 1. The molecule has 2 aromatic rings. The van der Waals surface area contributed by atoms with Crippen molar-refractivity contribution in [3.63, 3.8) is 0 Å². The number of Topliss-reactive ketones (excluding diaryl/α,β-unsaturated/α-hetero) is 1. The summed E-state index contributed by atoms with van der Waals surface area (Å²) in [6, 6.07) is 7.54. The van der Waals surface area contributed by atoms with Gasteiger partial charge >= 0.3 is 0 Å². The van der Waals surface area contributed by atoms with E-state index in [9.17, 15) is 14.4 Å². The van der Waals surface area contributed by atoms with Crippen molar-refractivity contribution in [3.05, 3.63) is 36.0 Å². The van der Waals surface area contributed by atoms with E-state index in [1.165, 1.54) is 6.42 Å². The molecule has 0 N–H and O–H groups in total. The molecule has 2 fully saturated rings. The Balaban J connectivity index is 1.59. The molecular weight excluding hydrogens is 366 g/mol. The number of benzene rings is 1. The second-order valence-electron chi connectivity index (χ2n) is 8.16. The van der Waals surface area contributed by atoms with Gasteiger partial charge in [0.15, 0.2) is 0 Å². The Bertz CT molecular complexity index is 903. The fraction of sp³-hybridized carbons (Fsp3) is 0.522. The second-order valence-corrected chi connectivity index (χ2v) is 8.16. The van der Waals surface area contributed by atoms with Crippen LogP contribution in [0.2, 0.25) is 0 Å². The number of nitrogens with zero attached hydrogens (tertiary/aromatic N) is 3. The Morgan fingerprint density at radius 2 is 1.34 bits per heavy atom. The largest absolute Gasteiger partial charge is 0.341 e. The first kappa shape index (κ1) is 19.7. The van der Waals surface area contributed by atoms with E-state index in [-0.39, 0.29) is 12.5 Å². The maximum absolute atomic E-state index is 13.1. The third kappa shape index (κ3) is 4.21. The van der Waals surface area contributed by atoms with Crippen molar-refractivity contribution in [3.8, 4) is 0 Å². The molecule has 1 aromatic heterocycles. The molecule has 0 spiro atoms. The highest BCUT2D eigenvalue weighted by molar-refractivity contribution is 6.44. The first-order valence-corrected chi connectivity index (χ1v) is 10.8. The number of amides is 2. The van der Waals surface area contributed by atoms with Gasteiger partial charge in [0.2, 0.25) is 5.91 Å². The summed E-state index contributed by atoms with van der Waals surface area (Å²) < 4.78 is 1.83. The average molecular weight is 396 g/mol. The molecule has 0 aliphatic carbocycles. The standard InChI is InChI=1S/C23H29N3O3/c27-21(24-12-8-3-9-13-24)17-26-16-19(18-10-4-5-11-20(18)26)22(28)23(29)25-14-6-1-2-7-15-25/h4-5,10-11,16H,1-3,6-9,12-15,17H2. The first-order chi connectivity index (χ1) is 14.1. The third-order valence-corrected chi connectivity index (χ3v) is 6.14. The lowest BCUT2D eigenvalue weighted by molar-refractivity contribution is -0.132. The number of carbonyl (C=O) groups excluding carboxylic acids is 3. The van der Waals surface area contributed by atoms with Crippen molar-refractivity contribution in [1.82, 2.24) is 14.4 Å². The average Bonchev–Trinajstić information content (AvgIpc) is 2.93. The molecule has 1 aromatic carbocycles. The number of hydrogen-bond acceptors (Lipinski definition) is 3. The normalized spacial score (nSPS) is 17.9. The summed E-state index contributed by atoms with van der Waals surface area (Å²) in [5, 5.41) is 0.743. The summed E-state index contributed by atoms with van der Waals surface area (Å²) in [7, 11) is 0. The van der Waals surface area contributed by atoms with Gasteiger partial charge in [0.1, 0.15) is 6.54 Å². The van der Waals surface area contributed by atoms with Crippen LogP contribution in [0.3, 0.4) is 0 Å². The minimum Gasteiger partial charge on any atom is -0.341 e. The maximum atomic E-state index is 13.1. The molecule has 6 nitrogen and oxygen atoms in total. The van der Waals surface area contributed by atoms with Gasteiger partial charge in [-0.15, -0.1) is 0 Å². The summed E-state index contributed by atoms with van der Waals surface area (Å²) in [5.41, 5.74) is 1.23. The predicted octanol–water partition coefficient (Wildman–Crippen LogP) is 3.24. The number of carbonyl (C=O) groups is 3. The molecule has 3 heterocycles. The van der Waals surface area contributed by atoms with Crippen molar-refractivity contribution >= 4 is 28.5 Å². The molecule has 29 heavy (non-hydrogen) atoms. The zero-order valence-electron chi connectivity index (χ0n) is 16.9. The van der Waals surface area contributed by atoms with Crippen LogP contribution in [0.5, 0.6) is 0 Å². The molecule has 0 bridgehead atoms. The fourth-order valence-corrected chi connectivity index (χ4v) is 4.48. The van der Waals surface area contributed by atoms with Crippen LogP contribution in [0.15, 0.2) is 30.5 Å². The minimum atomic E-state index is -0.465. The van der Waals surface area contributed by atoms with Crippen molar-refractivity contribution in [2.45, 2.75) is 51.5 Å². The second kappa shape index (κ2) is 8.80. The number of aromatic nitrogens is 1. The van der Waals surface area contributed by atoms with Crippen molar-refractivity contribution in [2.75, 3.05) is 26.2 Å². The lowest BCUT2D eigenvalue weighted by atomic mass is 10.1. The van der Waals surface area contributed by atoms with Gasteiger partial charge in [0, 0.05) is 43.3 Å². The van der Waals surface area contributed by atoms with Crippen molar-refractivity contribution < 1.29 is 14.4 Å². The predicted molar refractivity (Wildman–Crippen MR) is 112 cm³/mol. The molecule has 2 saturated heterocycles. The van der Waals surface area contributed by atoms with Crippen molar-refractivity contribution in [2.24, 2.45) is 0 Å². The van der Waals surface area contributed by atoms with Crippen LogP contribution in [-0.2, 0) is 16.1 Å². The highest BCUT2D eigenvalue weighted by Gasteiger charge is 2.27. The van der Waals surface area contributed by atoms with Gasteiger partial charge in [-0.1, -0.05) is 31.0 Å². The van der Waals surface area contributed by atoms with E-state index in [2.05, 4.69) is 0 Å². The van der Waals surface area contributed by atoms with E-state index in [4.69, 9.17) is 0 Å². The van der Waals surface area contributed by atoms with Gasteiger partial charge in [-0.2, -0.15) is 0 Å². The summed E-state index contributed by atoms with van der Waals surface area (Å²) >= 11 is 0. The molecule has 154 valence electrons. The Labute approximate surface area is 171 Å². The lowest BCUT2D eigenvalue weighted by Crippen LogP contribution is -2.38. The quantitative estimate of drug-likeness (QED) is 0.590. The van der Waals surface area contributed by atoms with E-state index in [0.29, 0.717) is 18.7 Å². The van der Waals surface area contributed by atoms with Gasteiger partial charge in [-0.3, -0.25) is 14.4 Å². The van der Waals surface area contributed by atoms with E-state index in [0.717, 1.165) is 62.5 Å². The Morgan fingerprint density at radius 1 is 0.759 bits per heavy atom. The monoisotopic (exact) mass is 395 g/mol. The molecule has 2 aliphatic heterocycles. The number of piperidine rings is 1. The lowest BCUT2D eigenvalue weighted by Gasteiger charge is -2.27. The van der Waals surface area contributed by atoms with Crippen LogP contribution in [0.1, 0.15) is 55.3 Å². The van der Waals surface area contributed by atoms with Gasteiger partial charge in [-0.05, 0) is 38.2 Å². The maximum Gasteiger partial charge on any atom is 0.295 e. The van der Waals surface area contributed by atoms with Crippen LogP contribution in [-0.4, -0.2) is 58.1 Å². The molecular formula is C23H29N3O3. The van der Waals surface area contributed by atoms with E-state index >= 15 is 0 Å². The van der Waals surface area contributed by atoms with E-state index in [1.807, 2.05) is 33.7 Å². The number of rotatable bonds is 4. The van der Waals surface area contributed by atoms with Gasteiger partial charge in [0.05, 0.1) is 5.56 Å². The Hall–Kier alpha value is -2.63. The van der Waals surface area contributed by atoms with Gasteiger partial charge in [0.25, 0.3) is 11.7 Å². The number of fused-ring (bicyclic) bond motifs is 1. The Morgan fingerprint density at radius 3 is 2.03 bits per heavy atom. The topological polar surface area (TPSA) is 62.6 Å². The molecule has 0 unspecified atom stereocenters. The molecule has 2 amide bonds. The third-order valence-electron chi connectivity index (χ3n) is 6.14. The summed E-state index contributed by atoms with van der Waals surface area (Å²) in [5.74, 6) is -0.812. The zero-order valence-corrected chi connectivity index (χ0v) is 16.9. The highest BCUT2D eigenvalue weighted by atomic mass is 16.2. The summed E-state index contributed by atoms with van der Waals surface area (Å²) in [6.07, 6.45) is 9.08. The molecule has 6 heteroatoms. The molecule has 4 rings (SSSR count). The number of ketones is 1. The number of hydrogen-bond donors (Lipinski definition) is 0. The zero-order chi connectivity index (χ0) is 20.2. The molecule has 2 aliphatic rings. The molecule has 0 radical (unpaired) electrons. The van der Waals surface area contributed by atoms with Gasteiger partial charge < -0.3 is 14.4 Å². The highest BCUT2D eigenvalue weighted by Crippen LogP contribution is 2.23. The van der Waals surface area contributed by atoms with E-state index in [1.54, 1.807) is 11.1 Å². The smallest absolute Gasteiger partial charge is 0.295 e. The summed E-state index contributed by atoms with van der Waals surface area (Å²) in [4.78, 5) is 42.3. The SMILES string of the molecule is O=C(C(=O)N1CCCCCC1)c1cn(CC(=O)N2CCCCC2)c2ccccc12. The number of likely N-dealkylation sites (tertiary alicyclic amines) is 2. The fourth-order valence-electron chi connectivity index (χ4n) is 4.48. The van der Waals surface area contributed by atoms with Crippen LogP contribution in [0.4, 0.5) is 0 Å². The van der Waals surface area contributed by atoms with Crippen LogP contribution < -0.4 is 0 Å². The molecule has 0 saturated carbocycles. The van der Waals surface area contributed by atoms with E-state index < -0.39 is 11.7 Å². The van der Waals surface area contributed by atoms with Crippen LogP contribution >= 0.6 is 0 Å². The van der Waals surface area contributed by atoms with Gasteiger partial charge in [-0.25, -0.2) is 0 Å². The Kier molecular flexibility index (Phi) is 5.97. The minimum absolute atomic E-state index is 0.0725. The molecule has 0 atom stereocenters. The summed E-state index contributed by atoms with van der Waals surface area (Å²) in [6.45, 7) is 3.10.